The Bertz CT molecular complexity index is 124. The summed E-state index contributed by atoms with van der Waals surface area (Å²) >= 11 is 0. The Balaban J connectivity index is 3.14. The lowest BCUT2D eigenvalue weighted by Gasteiger charge is -2.05. The van der Waals surface area contributed by atoms with Gasteiger partial charge < -0.3 is 10.6 Å². The highest BCUT2D eigenvalue weighted by Gasteiger charge is 1.97. The molecule has 2 N–H and O–H groups in total. The lowest BCUT2D eigenvalue weighted by Crippen LogP contribution is -2.32. The molecule has 0 aliphatic carbocycles. The van der Waals surface area contributed by atoms with Gasteiger partial charge in [-0.15, -0.1) is 0 Å². The van der Waals surface area contributed by atoms with Gasteiger partial charge in [0.2, 0.25) is 5.91 Å². The second kappa shape index (κ2) is 7.10. The summed E-state index contributed by atoms with van der Waals surface area (Å²) in [5.41, 5.74) is 0. The van der Waals surface area contributed by atoms with E-state index in [9.17, 15) is 4.79 Å². The topological polar surface area (TPSA) is 41.1 Å². The molecule has 0 bridgehead atoms. The minimum absolute atomic E-state index is 0.0845. The Labute approximate surface area is 74.9 Å². The summed E-state index contributed by atoms with van der Waals surface area (Å²) in [5, 5.41) is 5.64. The average molecular weight is 172 g/mol. The van der Waals surface area contributed by atoms with E-state index in [4.69, 9.17) is 0 Å². The first kappa shape index (κ1) is 11.4. The maximum atomic E-state index is 10.9. The fourth-order valence-corrected chi connectivity index (χ4v) is 0.961. The number of amides is 1. The van der Waals surface area contributed by atoms with E-state index in [2.05, 4.69) is 24.5 Å². The number of carbonyl (C=O) groups is 1. The third-order valence-electron chi connectivity index (χ3n) is 1.62. The quantitative estimate of drug-likeness (QED) is 0.581. The average Bonchev–Trinajstić information content (AvgIpc) is 1.98. The molecule has 0 spiro atoms. The van der Waals surface area contributed by atoms with Crippen molar-refractivity contribution < 1.29 is 4.79 Å². The van der Waals surface area contributed by atoms with Crippen LogP contribution in [0.2, 0.25) is 0 Å². The molecule has 0 aromatic rings. The maximum absolute atomic E-state index is 10.9. The molecular formula is C9H20N2O. The molecule has 0 saturated carbocycles. The van der Waals surface area contributed by atoms with E-state index in [-0.39, 0.29) is 5.91 Å². The first-order valence-electron chi connectivity index (χ1n) is 4.58. The molecule has 0 atom stereocenters. The molecule has 0 aromatic heterocycles. The van der Waals surface area contributed by atoms with Crippen LogP contribution in [0.1, 0.15) is 26.7 Å². The second-order valence-corrected chi connectivity index (χ2v) is 3.42. The van der Waals surface area contributed by atoms with E-state index in [0.717, 1.165) is 18.9 Å². The summed E-state index contributed by atoms with van der Waals surface area (Å²) in [6.07, 6.45) is 2.26. The molecule has 0 aliphatic heterocycles. The van der Waals surface area contributed by atoms with Crippen molar-refractivity contribution in [2.75, 3.05) is 20.1 Å². The summed E-state index contributed by atoms with van der Waals surface area (Å²) < 4.78 is 0. The van der Waals surface area contributed by atoms with Crippen LogP contribution in [0.15, 0.2) is 0 Å². The van der Waals surface area contributed by atoms with Crippen LogP contribution in [0.25, 0.3) is 0 Å². The van der Waals surface area contributed by atoms with Crippen LogP contribution >= 0.6 is 0 Å². The minimum atomic E-state index is 0.0845. The molecule has 0 aliphatic rings. The Morgan fingerprint density at radius 3 is 2.58 bits per heavy atom. The van der Waals surface area contributed by atoms with Gasteiger partial charge in [-0.3, -0.25) is 4.79 Å². The van der Waals surface area contributed by atoms with E-state index in [0.29, 0.717) is 6.54 Å². The Kier molecular flexibility index (Phi) is 6.76. The van der Waals surface area contributed by atoms with Crippen LogP contribution in [-0.2, 0) is 4.79 Å². The van der Waals surface area contributed by atoms with Gasteiger partial charge in [0, 0.05) is 6.54 Å². The lowest BCUT2D eigenvalue weighted by atomic mass is 10.1. The minimum Gasteiger partial charge on any atom is -0.355 e. The Morgan fingerprint density at radius 1 is 1.42 bits per heavy atom. The highest BCUT2D eigenvalue weighted by Crippen LogP contribution is 2.01. The Hall–Kier alpha value is -0.570. The van der Waals surface area contributed by atoms with Crippen molar-refractivity contribution in [3.8, 4) is 0 Å². The van der Waals surface area contributed by atoms with E-state index in [1.807, 2.05) is 0 Å². The molecule has 72 valence electrons. The maximum Gasteiger partial charge on any atom is 0.233 e. The molecular weight excluding hydrogens is 152 g/mol. The monoisotopic (exact) mass is 172 g/mol. The lowest BCUT2D eigenvalue weighted by molar-refractivity contribution is -0.120. The van der Waals surface area contributed by atoms with Crippen LogP contribution in [-0.4, -0.2) is 26.0 Å². The second-order valence-electron chi connectivity index (χ2n) is 3.42. The molecule has 0 aromatic carbocycles. The highest BCUT2D eigenvalue weighted by molar-refractivity contribution is 5.77. The van der Waals surface area contributed by atoms with Gasteiger partial charge in [-0.05, 0) is 25.8 Å². The SMILES string of the molecule is CNCC(=O)NCCCC(C)C. The van der Waals surface area contributed by atoms with E-state index in [1.54, 1.807) is 7.05 Å². The van der Waals surface area contributed by atoms with Crippen molar-refractivity contribution in [1.29, 1.82) is 0 Å². The van der Waals surface area contributed by atoms with E-state index >= 15 is 0 Å². The van der Waals surface area contributed by atoms with Crippen LogP contribution in [0.5, 0.6) is 0 Å². The smallest absolute Gasteiger partial charge is 0.233 e. The largest absolute Gasteiger partial charge is 0.355 e. The molecule has 0 fully saturated rings. The van der Waals surface area contributed by atoms with Crippen molar-refractivity contribution in [3.63, 3.8) is 0 Å². The van der Waals surface area contributed by atoms with Crippen LogP contribution in [0, 0.1) is 5.92 Å². The summed E-state index contributed by atoms with van der Waals surface area (Å²) in [6.45, 7) is 5.60. The molecule has 12 heavy (non-hydrogen) atoms. The van der Waals surface area contributed by atoms with Gasteiger partial charge in [0.15, 0.2) is 0 Å². The standard InChI is InChI=1S/C9H20N2O/c1-8(2)5-4-6-11-9(12)7-10-3/h8,10H,4-7H2,1-3H3,(H,11,12). The zero-order valence-corrected chi connectivity index (χ0v) is 8.31. The third kappa shape index (κ3) is 7.54. The molecule has 3 heteroatoms. The van der Waals surface area contributed by atoms with E-state index in [1.165, 1.54) is 6.42 Å². The molecule has 0 unspecified atom stereocenters. The first-order valence-corrected chi connectivity index (χ1v) is 4.58. The normalized spacial score (nSPS) is 10.3. The molecule has 0 rings (SSSR count). The van der Waals surface area contributed by atoms with Gasteiger partial charge in [0.05, 0.1) is 6.54 Å². The van der Waals surface area contributed by atoms with Gasteiger partial charge >= 0.3 is 0 Å². The first-order chi connectivity index (χ1) is 5.66. The zero-order chi connectivity index (χ0) is 9.40. The van der Waals surface area contributed by atoms with Crippen molar-refractivity contribution in [3.05, 3.63) is 0 Å². The predicted octanol–water partition coefficient (Wildman–Crippen LogP) is 0.758. The summed E-state index contributed by atoms with van der Waals surface area (Å²) in [4.78, 5) is 10.9. The number of hydrogen-bond donors (Lipinski definition) is 2. The van der Waals surface area contributed by atoms with Crippen LogP contribution in [0.4, 0.5) is 0 Å². The van der Waals surface area contributed by atoms with E-state index < -0.39 is 0 Å². The fourth-order valence-electron chi connectivity index (χ4n) is 0.961. The van der Waals surface area contributed by atoms with Crippen LogP contribution in [0.3, 0.4) is 0 Å². The molecule has 1 amide bonds. The molecule has 0 radical (unpaired) electrons. The van der Waals surface area contributed by atoms with Gasteiger partial charge in [0.1, 0.15) is 0 Å². The summed E-state index contributed by atoms with van der Waals surface area (Å²) in [5.74, 6) is 0.812. The predicted molar refractivity (Wildman–Crippen MR) is 51.0 cm³/mol. The fraction of sp³-hybridized carbons (Fsp3) is 0.889. The molecule has 3 nitrogen and oxygen atoms in total. The Morgan fingerprint density at radius 2 is 2.08 bits per heavy atom. The third-order valence-corrected chi connectivity index (χ3v) is 1.62. The zero-order valence-electron chi connectivity index (χ0n) is 8.31. The summed E-state index contributed by atoms with van der Waals surface area (Å²) in [6, 6.07) is 0. The number of nitrogens with one attached hydrogen (secondary N) is 2. The van der Waals surface area contributed by atoms with Crippen molar-refractivity contribution in [2.45, 2.75) is 26.7 Å². The number of likely N-dealkylation sites (N-methyl/N-ethyl adjacent to an activating group) is 1. The number of carbonyl (C=O) groups excluding carboxylic acids is 1. The van der Waals surface area contributed by atoms with Crippen molar-refractivity contribution in [2.24, 2.45) is 5.92 Å². The molecule has 0 heterocycles. The highest BCUT2D eigenvalue weighted by atomic mass is 16.1. The summed E-state index contributed by atoms with van der Waals surface area (Å²) in [7, 11) is 1.77. The molecule has 0 saturated heterocycles. The van der Waals surface area contributed by atoms with Gasteiger partial charge in [-0.25, -0.2) is 0 Å². The van der Waals surface area contributed by atoms with Gasteiger partial charge in [0.25, 0.3) is 0 Å². The van der Waals surface area contributed by atoms with Crippen molar-refractivity contribution in [1.82, 2.24) is 10.6 Å². The van der Waals surface area contributed by atoms with Gasteiger partial charge in [-0.2, -0.15) is 0 Å². The number of hydrogen-bond acceptors (Lipinski definition) is 2. The van der Waals surface area contributed by atoms with Gasteiger partial charge in [-0.1, -0.05) is 13.8 Å². The van der Waals surface area contributed by atoms with Crippen LogP contribution < -0.4 is 10.6 Å². The van der Waals surface area contributed by atoms with Crippen molar-refractivity contribution >= 4 is 5.91 Å². The number of rotatable bonds is 6.